The maximum atomic E-state index is 14.1. The van der Waals surface area contributed by atoms with Crippen LogP contribution in [0.5, 0.6) is 5.75 Å². The van der Waals surface area contributed by atoms with Gasteiger partial charge in [0.2, 0.25) is 5.91 Å². The number of rotatable bonds is 6. The van der Waals surface area contributed by atoms with E-state index in [2.05, 4.69) is 4.90 Å². The Kier molecular flexibility index (Phi) is 8.67. The zero-order valence-corrected chi connectivity index (χ0v) is 22.2. The Morgan fingerprint density at radius 2 is 1.56 bits per heavy atom. The predicted molar refractivity (Wildman–Crippen MR) is 134 cm³/mol. The third-order valence-electron chi connectivity index (χ3n) is 6.75. The highest BCUT2D eigenvalue weighted by atomic mass is 35.5. The molecule has 0 radical (unpaired) electrons. The summed E-state index contributed by atoms with van der Waals surface area (Å²) in [5, 5.41) is 0.387. The Morgan fingerprint density at radius 1 is 0.889 bits per heavy atom. The van der Waals surface area contributed by atoms with Crippen LogP contribution in [0.4, 0.5) is 8.78 Å². The minimum Gasteiger partial charge on any atom is -0.490 e. The van der Waals surface area contributed by atoms with Crippen LogP contribution in [0.15, 0.2) is 35.2 Å². The van der Waals surface area contributed by atoms with Crippen molar-refractivity contribution in [3.05, 3.63) is 57.0 Å². The molecule has 12 heteroatoms. The molecule has 196 valence electrons. The molecule has 0 atom stereocenters. The second kappa shape index (κ2) is 11.4. The Bertz CT molecular complexity index is 1230. The summed E-state index contributed by atoms with van der Waals surface area (Å²) in [7, 11) is -4.56. The van der Waals surface area contributed by atoms with Crippen LogP contribution in [0.1, 0.15) is 38.5 Å². The summed E-state index contributed by atoms with van der Waals surface area (Å²) in [4.78, 5) is 14.0. The lowest BCUT2D eigenvalue weighted by molar-refractivity contribution is -0.124. The van der Waals surface area contributed by atoms with Crippen molar-refractivity contribution in [1.82, 2.24) is 9.62 Å². The first-order chi connectivity index (χ1) is 17.0. The summed E-state index contributed by atoms with van der Waals surface area (Å²) < 4.78 is 60.6. The first-order valence-electron chi connectivity index (χ1n) is 11.6. The van der Waals surface area contributed by atoms with Crippen LogP contribution >= 0.6 is 34.8 Å². The summed E-state index contributed by atoms with van der Waals surface area (Å²) in [6.45, 7) is 1.70. The van der Waals surface area contributed by atoms with Crippen LogP contribution in [-0.4, -0.2) is 44.5 Å². The quantitative estimate of drug-likeness (QED) is 0.435. The summed E-state index contributed by atoms with van der Waals surface area (Å²) in [5.74, 6) is -2.86. The number of nitrogens with one attached hydrogen (secondary N) is 1. The molecule has 1 aliphatic carbocycles. The zero-order chi connectivity index (χ0) is 26.0. The SMILES string of the molecule is O=C(NS(=O)(=O)c1cc(F)c(Cl)cc1F)[C@H]1CC[C@H](N2CCC(Oc3ccc(Cl)c(Cl)c3)CC2)CC1. The zero-order valence-electron chi connectivity index (χ0n) is 19.2. The fourth-order valence-corrected chi connectivity index (χ4v) is 6.34. The lowest BCUT2D eigenvalue weighted by Crippen LogP contribution is -2.46. The number of piperidine rings is 1. The second-order valence-corrected chi connectivity index (χ2v) is 12.0. The van der Waals surface area contributed by atoms with Crippen molar-refractivity contribution in [3.8, 4) is 5.75 Å². The molecule has 0 bridgehead atoms. The van der Waals surface area contributed by atoms with Crippen LogP contribution in [0.25, 0.3) is 0 Å². The fraction of sp³-hybridized carbons (Fsp3) is 0.458. The normalized spacial score (nSPS) is 21.8. The van der Waals surface area contributed by atoms with Crippen LogP contribution in [0.3, 0.4) is 0 Å². The summed E-state index contributed by atoms with van der Waals surface area (Å²) in [6.07, 6.45) is 4.25. The molecule has 1 heterocycles. The molecular formula is C24H25Cl3F2N2O4S. The standard InChI is InChI=1S/C24H25Cl3F2N2O4S/c25-18-6-5-17(11-19(18)26)35-16-7-9-31(10-8-16)15-3-1-14(2-4-15)24(32)30-36(33,34)23-13-21(28)20(27)12-22(23)29/h5-6,11-16H,1-4,7-10H2,(H,30,32)/t14-,15-. The number of carbonyl (C=O) groups excluding carboxylic acids is 1. The predicted octanol–water partition coefficient (Wildman–Crippen LogP) is 5.83. The molecule has 1 amide bonds. The molecule has 1 saturated carbocycles. The fourth-order valence-electron chi connectivity index (χ4n) is 4.79. The molecule has 2 fully saturated rings. The van der Waals surface area contributed by atoms with E-state index in [1.807, 2.05) is 4.72 Å². The number of sulfonamides is 1. The lowest BCUT2D eigenvalue weighted by atomic mass is 9.84. The Labute approximate surface area is 223 Å². The summed E-state index contributed by atoms with van der Waals surface area (Å²) in [6, 6.07) is 6.54. The molecule has 2 aromatic rings. The topological polar surface area (TPSA) is 75.7 Å². The van der Waals surface area contributed by atoms with Gasteiger partial charge in [-0.1, -0.05) is 34.8 Å². The van der Waals surface area contributed by atoms with E-state index in [0.29, 0.717) is 46.8 Å². The molecule has 1 aliphatic heterocycles. The number of ether oxygens (including phenoxy) is 1. The number of hydrogen-bond donors (Lipinski definition) is 1. The number of hydrogen-bond acceptors (Lipinski definition) is 5. The first kappa shape index (κ1) is 27.4. The largest absolute Gasteiger partial charge is 0.490 e. The number of benzene rings is 2. The molecule has 6 nitrogen and oxygen atoms in total. The van der Waals surface area contributed by atoms with Crippen molar-refractivity contribution in [2.75, 3.05) is 13.1 Å². The van der Waals surface area contributed by atoms with E-state index in [0.717, 1.165) is 38.8 Å². The number of nitrogens with zero attached hydrogens (tertiary/aromatic N) is 1. The van der Waals surface area contributed by atoms with Crippen molar-refractivity contribution < 1.29 is 26.7 Å². The van der Waals surface area contributed by atoms with E-state index in [1.165, 1.54) is 0 Å². The molecule has 2 aromatic carbocycles. The average molecular weight is 582 g/mol. The molecular weight excluding hydrogens is 557 g/mol. The number of halogens is 5. The van der Waals surface area contributed by atoms with E-state index >= 15 is 0 Å². The van der Waals surface area contributed by atoms with Gasteiger partial charge < -0.3 is 9.64 Å². The molecule has 36 heavy (non-hydrogen) atoms. The second-order valence-electron chi connectivity index (χ2n) is 9.10. The molecule has 0 aromatic heterocycles. The molecule has 4 rings (SSSR count). The third kappa shape index (κ3) is 6.42. The highest BCUT2D eigenvalue weighted by Gasteiger charge is 2.34. The van der Waals surface area contributed by atoms with Crippen molar-refractivity contribution >= 4 is 50.7 Å². The highest BCUT2D eigenvalue weighted by molar-refractivity contribution is 7.90. The third-order valence-corrected chi connectivity index (χ3v) is 9.14. The van der Waals surface area contributed by atoms with Crippen LogP contribution in [0, 0.1) is 17.6 Å². The van der Waals surface area contributed by atoms with Crippen molar-refractivity contribution in [1.29, 1.82) is 0 Å². The number of likely N-dealkylation sites (tertiary alicyclic amines) is 1. The van der Waals surface area contributed by atoms with E-state index in [1.54, 1.807) is 18.2 Å². The molecule has 1 N–H and O–H groups in total. The van der Waals surface area contributed by atoms with Gasteiger partial charge in [-0.25, -0.2) is 21.9 Å². The van der Waals surface area contributed by atoms with Crippen molar-refractivity contribution in [2.45, 2.75) is 55.6 Å². The van der Waals surface area contributed by atoms with Gasteiger partial charge in [-0.3, -0.25) is 4.79 Å². The summed E-state index contributed by atoms with van der Waals surface area (Å²) >= 11 is 17.5. The average Bonchev–Trinajstić information content (AvgIpc) is 2.84. The number of amides is 1. The Morgan fingerprint density at radius 3 is 2.19 bits per heavy atom. The van der Waals surface area contributed by atoms with Crippen LogP contribution in [-0.2, 0) is 14.8 Å². The molecule has 1 saturated heterocycles. The molecule has 2 aliphatic rings. The minimum atomic E-state index is -4.56. The number of carbonyl (C=O) groups is 1. The van der Waals surface area contributed by atoms with E-state index in [9.17, 15) is 22.0 Å². The highest BCUT2D eigenvalue weighted by Crippen LogP contribution is 2.32. The van der Waals surface area contributed by atoms with Gasteiger partial charge in [0, 0.05) is 31.1 Å². The molecule has 0 unspecified atom stereocenters. The van der Waals surface area contributed by atoms with Crippen LogP contribution < -0.4 is 9.46 Å². The van der Waals surface area contributed by atoms with Crippen LogP contribution in [0.2, 0.25) is 15.1 Å². The van der Waals surface area contributed by atoms with Gasteiger partial charge in [-0.2, -0.15) is 0 Å². The molecule has 0 spiro atoms. The van der Waals surface area contributed by atoms with E-state index in [4.69, 9.17) is 39.5 Å². The summed E-state index contributed by atoms with van der Waals surface area (Å²) in [5.41, 5.74) is 0. The van der Waals surface area contributed by atoms with Gasteiger partial charge in [0.1, 0.15) is 28.4 Å². The van der Waals surface area contributed by atoms with Gasteiger partial charge in [-0.05, 0) is 62.8 Å². The van der Waals surface area contributed by atoms with Gasteiger partial charge in [0.25, 0.3) is 10.0 Å². The van der Waals surface area contributed by atoms with E-state index in [-0.39, 0.29) is 6.10 Å². The monoisotopic (exact) mass is 580 g/mol. The first-order valence-corrected chi connectivity index (χ1v) is 14.2. The smallest absolute Gasteiger partial charge is 0.267 e. The van der Waals surface area contributed by atoms with Gasteiger partial charge in [0.15, 0.2) is 0 Å². The Hall–Kier alpha value is -1.65. The van der Waals surface area contributed by atoms with Gasteiger partial charge in [0.05, 0.1) is 15.1 Å². The minimum absolute atomic E-state index is 0.0731. The maximum Gasteiger partial charge on any atom is 0.267 e. The van der Waals surface area contributed by atoms with Crippen molar-refractivity contribution in [2.24, 2.45) is 5.92 Å². The van der Waals surface area contributed by atoms with Gasteiger partial charge >= 0.3 is 0 Å². The maximum absolute atomic E-state index is 14.1. The lowest BCUT2D eigenvalue weighted by Gasteiger charge is -2.40. The van der Waals surface area contributed by atoms with Gasteiger partial charge in [-0.15, -0.1) is 0 Å². The van der Waals surface area contributed by atoms with Crippen molar-refractivity contribution in [3.63, 3.8) is 0 Å². The Balaban J connectivity index is 1.25. The van der Waals surface area contributed by atoms with E-state index < -0.39 is 43.4 Å².